The Hall–Kier alpha value is -1.56. The number of carbonyl (C=O) groups is 1. The first-order chi connectivity index (χ1) is 12.6. The first-order valence-electron chi connectivity index (χ1n) is 10.4. The van der Waals surface area contributed by atoms with Gasteiger partial charge in [-0.05, 0) is 64.0 Å². The second-order valence-electron chi connectivity index (χ2n) is 8.61. The first kappa shape index (κ1) is 17.8. The van der Waals surface area contributed by atoms with Crippen LogP contribution in [0.15, 0.2) is 12.4 Å². The van der Waals surface area contributed by atoms with Gasteiger partial charge in [-0.2, -0.15) is 5.10 Å². The van der Waals surface area contributed by atoms with Crippen LogP contribution in [0.3, 0.4) is 0 Å². The number of amides is 2. The molecule has 2 saturated heterocycles. The molecular weight excluding hydrogens is 326 g/mol. The van der Waals surface area contributed by atoms with Crippen LogP contribution in [0.4, 0.5) is 4.79 Å². The van der Waals surface area contributed by atoms with E-state index in [2.05, 4.69) is 35.4 Å². The molecule has 1 N–H and O–H groups in total. The number of hydrogen-bond acceptors (Lipinski definition) is 3. The van der Waals surface area contributed by atoms with E-state index in [1.807, 2.05) is 15.8 Å². The normalized spacial score (nSPS) is 28.8. The molecule has 3 aliphatic rings. The smallest absolute Gasteiger partial charge is 0.317 e. The highest BCUT2D eigenvalue weighted by molar-refractivity contribution is 5.74. The summed E-state index contributed by atoms with van der Waals surface area (Å²) in [6.45, 7) is 8.23. The summed E-state index contributed by atoms with van der Waals surface area (Å²) in [7, 11) is 0. The molecule has 6 heteroatoms. The lowest BCUT2D eigenvalue weighted by Crippen LogP contribution is -2.52. The molecule has 0 bridgehead atoms. The van der Waals surface area contributed by atoms with E-state index in [1.165, 1.54) is 44.2 Å². The molecule has 1 aromatic heterocycles. The van der Waals surface area contributed by atoms with Crippen molar-refractivity contribution in [3.8, 4) is 0 Å². The minimum absolute atomic E-state index is 0.102. The Morgan fingerprint density at radius 2 is 2.00 bits per heavy atom. The van der Waals surface area contributed by atoms with E-state index < -0.39 is 0 Å². The van der Waals surface area contributed by atoms with Crippen LogP contribution >= 0.6 is 0 Å². The molecule has 1 aromatic rings. The second kappa shape index (κ2) is 7.59. The molecule has 3 heterocycles. The topological polar surface area (TPSA) is 53.4 Å². The van der Waals surface area contributed by atoms with E-state index in [9.17, 15) is 4.79 Å². The summed E-state index contributed by atoms with van der Waals surface area (Å²) < 4.78 is 2.02. The molecule has 4 rings (SSSR count). The fourth-order valence-electron chi connectivity index (χ4n) is 4.71. The summed E-state index contributed by atoms with van der Waals surface area (Å²) in [5.74, 6) is 0.584. The fourth-order valence-corrected chi connectivity index (χ4v) is 4.71. The standard InChI is InChI=1S/C20H33N5O/c1-15-11-21-25(12-15)19-8-10-24(14-19)20(26)22-16(2)17-5-4-9-23(13-17)18-6-3-7-18/h11-12,16-19H,3-10,13-14H2,1-2H3,(H,22,26). The maximum absolute atomic E-state index is 12.7. The van der Waals surface area contributed by atoms with Crippen LogP contribution < -0.4 is 5.32 Å². The van der Waals surface area contributed by atoms with Gasteiger partial charge in [-0.15, -0.1) is 0 Å². The predicted octanol–water partition coefficient (Wildman–Crippen LogP) is 2.80. The predicted molar refractivity (Wildman–Crippen MR) is 102 cm³/mol. The van der Waals surface area contributed by atoms with Gasteiger partial charge in [0, 0.05) is 37.9 Å². The molecule has 0 aromatic carbocycles. The molecule has 6 nitrogen and oxygen atoms in total. The summed E-state index contributed by atoms with van der Waals surface area (Å²) in [6, 6.07) is 1.48. The van der Waals surface area contributed by atoms with Crippen molar-refractivity contribution in [2.75, 3.05) is 26.2 Å². The van der Waals surface area contributed by atoms with E-state index in [4.69, 9.17) is 0 Å². The number of piperidine rings is 1. The number of nitrogens with zero attached hydrogens (tertiary/aromatic N) is 4. The molecule has 1 aliphatic carbocycles. The van der Waals surface area contributed by atoms with Crippen molar-refractivity contribution in [1.29, 1.82) is 0 Å². The number of aryl methyl sites for hydroxylation is 1. The Labute approximate surface area is 156 Å². The van der Waals surface area contributed by atoms with Crippen molar-refractivity contribution in [3.05, 3.63) is 18.0 Å². The van der Waals surface area contributed by atoms with Gasteiger partial charge in [-0.25, -0.2) is 4.79 Å². The van der Waals surface area contributed by atoms with Crippen LogP contribution in [0.2, 0.25) is 0 Å². The highest BCUT2D eigenvalue weighted by Crippen LogP contribution is 2.30. The Morgan fingerprint density at radius 1 is 1.15 bits per heavy atom. The molecule has 3 fully saturated rings. The first-order valence-corrected chi connectivity index (χ1v) is 10.4. The van der Waals surface area contributed by atoms with Crippen LogP contribution in [-0.4, -0.2) is 63.9 Å². The SMILES string of the molecule is Cc1cnn(C2CCN(C(=O)NC(C)C3CCCN(C4CCC4)C3)C2)c1. The third-order valence-electron chi connectivity index (χ3n) is 6.69. The second-order valence-corrected chi connectivity index (χ2v) is 8.61. The Morgan fingerprint density at radius 3 is 2.69 bits per heavy atom. The number of nitrogens with one attached hydrogen (secondary N) is 1. The molecule has 26 heavy (non-hydrogen) atoms. The van der Waals surface area contributed by atoms with Crippen molar-refractivity contribution in [2.45, 2.75) is 70.5 Å². The van der Waals surface area contributed by atoms with E-state index in [0.29, 0.717) is 12.0 Å². The van der Waals surface area contributed by atoms with E-state index >= 15 is 0 Å². The monoisotopic (exact) mass is 359 g/mol. The molecule has 3 unspecified atom stereocenters. The maximum Gasteiger partial charge on any atom is 0.317 e. The molecule has 2 aliphatic heterocycles. The third-order valence-corrected chi connectivity index (χ3v) is 6.69. The number of carbonyl (C=O) groups excluding carboxylic acids is 1. The van der Waals surface area contributed by atoms with E-state index in [0.717, 1.165) is 32.1 Å². The summed E-state index contributed by atoms with van der Waals surface area (Å²) in [4.78, 5) is 17.4. The van der Waals surface area contributed by atoms with Gasteiger partial charge in [0.25, 0.3) is 0 Å². The quantitative estimate of drug-likeness (QED) is 0.899. The summed E-state index contributed by atoms with van der Waals surface area (Å²) in [6.07, 6.45) is 11.6. The molecule has 0 spiro atoms. The zero-order chi connectivity index (χ0) is 18.1. The number of likely N-dealkylation sites (tertiary alicyclic amines) is 2. The average Bonchev–Trinajstić information content (AvgIpc) is 3.22. The van der Waals surface area contributed by atoms with Gasteiger partial charge in [-0.1, -0.05) is 6.42 Å². The number of hydrogen-bond donors (Lipinski definition) is 1. The zero-order valence-electron chi connectivity index (χ0n) is 16.2. The largest absolute Gasteiger partial charge is 0.335 e. The van der Waals surface area contributed by atoms with Crippen LogP contribution in [0.5, 0.6) is 0 Å². The Balaban J connectivity index is 1.27. The van der Waals surface area contributed by atoms with Crippen molar-refractivity contribution < 1.29 is 4.79 Å². The molecule has 144 valence electrons. The molecule has 0 radical (unpaired) electrons. The van der Waals surface area contributed by atoms with Crippen LogP contribution in [0.25, 0.3) is 0 Å². The zero-order valence-corrected chi connectivity index (χ0v) is 16.2. The molecule has 1 saturated carbocycles. The van der Waals surface area contributed by atoms with Gasteiger partial charge < -0.3 is 15.1 Å². The minimum Gasteiger partial charge on any atom is -0.335 e. The van der Waals surface area contributed by atoms with Crippen molar-refractivity contribution in [1.82, 2.24) is 24.9 Å². The molecule has 3 atom stereocenters. The summed E-state index contributed by atoms with van der Waals surface area (Å²) >= 11 is 0. The highest BCUT2D eigenvalue weighted by atomic mass is 16.2. The van der Waals surface area contributed by atoms with Gasteiger partial charge in [0.2, 0.25) is 0 Å². The summed E-state index contributed by atoms with van der Waals surface area (Å²) in [5.41, 5.74) is 1.18. The number of rotatable bonds is 4. The highest BCUT2D eigenvalue weighted by Gasteiger charge is 2.33. The number of aromatic nitrogens is 2. The number of urea groups is 1. The lowest BCUT2D eigenvalue weighted by atomic mass is 9.86. The Kier molecular flexibility index (Phi) is 5.20. The Bertz CT molecular complexity index is 625. The summed E-state index contributed by atoms with van der Waals surface area (Å²) in [5, 5.41) is 7.71. The maximum atomic E-state index is 12.7. The van der Waals surface area contributed by atoms with Crippen molar-refractivity contribution in [3.63, 3.8) is 0 Å². The minimum atomic E-state index is 0.102. The van der Waals surface area contributed by atoms with Crippen LogP contribution in [0, 0.1) is 12.8 Å². The van der Waals surface area contributed by atoms with Gasteiger partial charge in [0.15, 0.2) is 0 Å². The van der Waals surface area contributed by atoms with Gasteiger partial charge in [-0.3, -0.25) is 4.68 Å². The van der Waals surface area contributed by atoms with Gasteiger partial charge in [0.1, 0.15) is 0 Å². The lowest BCUT2D eigenvalue weighted by molar-refractivity contribution is 0.0671. The molecule has 2 amide bonds. The van der Waals surface area contributed by atoms with Gasteiger partial charge >= 0.3 is 6.03 Å². The van der Waals surface area contributed by atoms with Crippen LogP contribution in [-0.2, 0) is 0 Å². The lowest BCUT2D eigenvalue weighted by Gasteiger charge is -2.44. The van der Waals surface area contributed by atoms with Crippen molar-refractivity contribution in [2.24, 2.45) is 5.92 Å². The third kappa shape index (κ3) is 3.75. The average molecular weight is 360 g/mol. The van der Waals surface area contributed by atoms with E-state index in [-0.39, 0.29) is 12.1 Å². The fraction of sp³-hybridized carbons (Fsp3) is 0.800. The van der Waals surface area contributed by atoms with Crippen LogP contribution in [0.1, 0.15) is 57.1 Å². The van der Waals surface area contributed by atoms with Crippen molar-refractivity contribution >= 4 is 6.03 Å². The van der Waals surface area contributed by atoms with E-state index in [1.54, 1.807) is 0 Å². The van der Waals surface area contributed by atoms with Gasteiger partial charge in [0.05, 0.1) is 12.2 Å². The molecular formula is C20H33N5O.